The fourth-order valence-corrected chi connectivity index (χ4v) is 1.83. The van der Waals surface area contributed by atoms with Crippen LogP contribution in [0.3, 0.4) is 0 Å². The second-order valence-corrected chi connectivity index (χ2v) is 7.60. The Labute approximate surface area is 146 Å². The van der Waals surface area contributed by atoms with Crippen molar-refractivity contribution in [1.29, 1.82) is 0 Å². The van der Waals surface area contributed by atoms with Gasteiger partial charge >= 0.3 is 6.09 Å². The first-order valence-corrected chi connectivity index (χ1v) is 8.66. The molecule has 130 valence electrons. The lowest BCUT2D eigenvalue weighted by Gasteiger charge is -2.28. The summed E-state index contributed by atoms with van der Waals surface area (Å²) in [6.45, 7) is 10.2. The van der Waals surface area contributed by atoms with E-state index >= 15 is 0 Å². The number of alkyl carbamates (subject to hydrolysis) is 1. The highest BCUT2D eigenvalue weighted by Gasteiger charge is 2.25. The third kappa shape index (κ3) is 8.69. The Kier molecular flexibility index (Phi) is 7.19. The van der Waals surface area contributed by atoms with Crippen molar-refractivity contribution < 1.29 is 19.0 Å². The predicted octanol–water partition coefficient (Wildman–Crippen LogP) is 4.14. The zero-order valence-electron chi connectivity index (χ0n) is 14.4. The van der Waals surface area contributed by atoms with E-state index in [9.17, 15) is 4.79 Å². The van der Waals surface area contributed by atoms with Crippen LogP contribution in [0.5, 0.6) is 11.5 Å². The molecule has 5 nitrogen and oxygen atoms in total. The number of carbonyl (C=O) groups excluding carboxylic acids is 1. The summed E-state index contributed by atoms with van der Waals surface area (Å²) in [5.41, 5.74) is -1.07. The minimum absolute atomic E-state index is 0.327. The number of hydrogen-bond donors (Lipinski definition) is 1. The Morgan fingerprint density at radius 2 is 1.57 bits per heavy atom. The van der Waals surface area contributed by atoms with Crippen molar-refractivity contribution in [2.24, 2.45) is 0 Å². The minimum atomic E-state index is -0.548. The Bertz CT molecular complexity index is 494. The third-order valence-electron chi connectivity index (χ3n) is 2.61. The summed E-state index contributed by atoms with van der Waals surface area (Å²) in [6, 6.07) is 7.39. The summed E-state index contributed by atoms with van der Waals surface area (Å²) in [6.07, 6.45) is -0.454. The number of amides is 1. The maximum Gasteiger partial charge on any atom is 0.408 e. The maximum absolute atomic E-state index is 11.8. The van der Waals surface area contributed by atoms with Crippen LogP contribution in [0.2, 0.25) is 0 Å². The van der Waals surface area contributed by atoms with Gasteiger partial charge in [-0.3, -0.25) is 0 Å². The molecule has 0 aromatic heterocycles. The molecule has 0 aliphatic rings. The molecule has 6 heteroatoms. The van der Waals surface area contributed by atoms with Gasteiger partial charge in [0.15, 0.2) is 0 Å². The van der Waals surface area contributed by atoms with Crippen LogP contribution in [0.25, 0.3) is 0 Å². The Morgan fingerprint density at radius 1 is 1.04 bits per heavy atom. The van der Waals surface area contributed by atoms with Gasteiger partial charge in [-0.25, -0.2) is 4.79 Å². The van der Waals surface area contributed by atoms with Crippen molar-refractivity contribution in [3.05, 3.63) is 24.3 Å². The fourth-order valence-electron chi connectivity index (χ4n) is 1.67. The molecule has 0 saturated carbocycles. The van der Waals surface area contributed by atoms with Gasteiger partial charge in [-0.15, -0.1) is 0 Å². The van der Waals surface area contributed by atoms with E-state index in [-0.39, 0.29) is 0 Å². The first kappa shape index (κ1) is 19.6. The lowest BCUT2D eigenvalue weighted by atomic mass is 10.1. The molecule has 0 radical (unpaired) electrons. The number of ether oxygens (including phenoxy) is 3. The molecule has 1 N–H and O–H groups in total. The topological polar surface area (TPSA) is 56.8 Å². The molecular weight excluding hydrogens is 362 g/mol. The van der Waals surface area contributed by atoms with Gasteiger partial charge in [0.1, 0.15) is 23.7 Å². The van der Waals surface area contributed by atoms with Crippen molar-refractivity contribution in [2.45, 2.75) is 45.8 Å². The van der Waals surface area contributed by atoms with E-state index in [0.29, 0.717) is 13.2 Å². The third-order valence-corrected chi connectivity index (χ3v) is 2.93. The van der Waals surface area contributed by atoms with E-state index < -0.39 is 17.2 Å². The molecule has 0 aliphatic heterocycles. The van der Waals surface area contributed by atoms with Gasteiger partial charge in [0, 0.05) is 5.33 Å². The first-order chi connectivity index (χ1) is 10.6. The van der Waals surface area contributed by atoms with Gasteiger partial charge in [-0.05, 0) is 58.9 Å². The highest BCUT2D eigenvalue weighted by Crippen LogP contribution is 2.19. The fraction of sp³-hybridized carbons (Fsp3) is 0.588. The SMILES string of the molecule is CC(C)(COc1ccc(OCCBr)cc1)NC(=O)OC(C)(C)C. The molecule has 0 atom stereocenters. The smallest absolute Gasteiger partial charge is 0.408 e. The summed E-state index contributed by atoms with van der Waals surface area (Å²) < 4.78 is 16.5. The average Bonchev–Trinajstić information content (AvgIpc) is 2.41. The minimum Gasteiger partial charge on any atom is -0.493 e. The van der Waals surface area contributed by atoms with E-state index in [1.54, 1.807) is 0 Å². The highest BCUT2D eigenvalue weighted by atomic mass is 79.9. The molecule has 0 unspecified atom stereocenters. The molecule has 0 spiro atoms. The van der Waals surface area contributed by atoms with Crippen LogP contribution in [0.1, 0.15) is 34.6 Å². The molecule has 23 heavy (non-hydrogen) atoms. The van der Waals surface area contributed by atoms with Gasteiger partial charge in [0.25, 0.3) is 0 Å². The first-order valence-electron chi connectivity index (χ1n) is 7.54. The number of rotatable bonds is 7. The average molecular weight is 388 g/mol. The van der Waals surface area contributed by atoms with Crippen LogP contribution in [0.4, 0.5) is 4.79 Å². The van der Waals surface area contributed by atoms with Crippen LogP contribution < -0.4 is 14.8 Å². The molecule has 1 aromatic rings. The van der Waals surface area contributed by atoms with Gasteiger partial charge in [0.2, 0.25) is 0 Å². The lowest BCUT2D eigenvalue weighted by molar-refractivity contribution is 0.0441. The summed E-state index contributed by atoms with van der Waals surface area (Å²) in [7, 11) is 0. The van der Waals surface area contributed by atoms with Crippen molar-refractivity contribution in [2.75, 3.05) is 18.5 Å². The molecule has 1 aromatic carbocycles. The Hall–Kier alpha value is -1.43. The second-order valence-electron chi connectivity index (χ2n) is 6.81. The molecule has 0 saturated heterocycles. The van der Waals surface area contributed by atoms with Crippen molar-refractivity contribution >= 4 is 22.0 Å². The predicted molar refractivity (Wildman–Crippen MR) is 94.7 cm³/mol. The molecule has 0 heterocycles. The molecule has 0 bridgehead atoms. The Morgan fingerprint density at radius 3 is 2.04 bits per heavy atom. The Balaban J connectivity index is 2.47. The van der Waals surface area contributed by atoms with Gasteiger partial charge < -0.3 is 19.5 Å². The quantitative estimate of drug-likeness (QED) is 0.714. The van der Waals surface area contributed by atoms with Gasteiger partial charge in [0.05, 0.1) is 12.1 Å². The number of halogens is 1. The zero-order valence-corrected chi connectivity index (χ0v) is 16.0. The lowest BCUT2D eigenvalue weighted by Crippen LogP contribution is -2.49. The number of carbonyl (C=O) groups is 1. The van der Waals surface area contributed by atoms with Gasteiger partial charge in [-0.1, -0.05) is 15.9 Å². The van der Waals surface area contributed by atoms with Crippen molar-refractivity contribution in [3.8, 4) is 11.5 Å². The summed E-state index contributed by atoms with van der Waals surface area (Å²) >= 11 is 3.31. The van der Waals surface area contributed by atoms with Crippen LogP contribution in [0.15, 0.2) is 24.3 Å². The monoisotopic (exact) mass is 387 g/mol. The van der Waals surface area contributed by atoms with E-state index in [4.69, 9.17) is 14.2 Å². The highest BCUT2D eigenvalue weighted by molar-refractivity contribution is 9.09. The summed E-state index contributed by atoms with van der Waals surface area (Å²) in [5, 5.41) is 3.59. The van der Waals surface area contributed by atoms with E-state index in [2.05, 4.69) is 21.2 Å². The molecule has 1 rings (SSSR count). The van der Waals surface area contributed by atoms with Gasteiger partial charge in [-0.2, -0.15) is 0 Å². The molecule has 1 amide bonds. The number of nitrogens with one attached hydrogen (secondary N) is 1. The van der Waals surface area contributed by atoms with Crippen LogP contribution in [-0.4, -0.2) is 35.8 Å². The molecule has 0 aliphatic carbocycles. The van der Waals surface area contributed by atoms with Crippen molar-refractivity contribution in [1.82, 2.24) is 5.32 Å². The van der Waals surface area contributed by atoms with Crippen LogP contribution >= 0.6 is 15.9 Å². The number of alkyl halides is 1. The van der Waals surface area contributed by atoms with E-state index in [1.807, 2.05) is 58.9 Å². The standard InChI is InChI=1S/C17H26BrNO4/c1-16(2,3)23-15(20)19-17(4,5)12-22-14-8-6-13(7-9-14)21-11-10-18/h6-9H,10-12H2,1-5H3,(H,19,20). The van der Waals surface area contributed by atoms with E-state index in [1.165, 1.54) is 0 Å². The molecule has 0 fully saturated rings. The largest absolute Gasteiger partial charge is 0.493 e. The van der Waals surface area contributed by atoms with E-state index in [0.717, 1.165) is 16.8 Å². The second kappa shape index (κ2) is 8.43. The zero-order chi connectivity index (χ0) is 17.5. The number of hydrogen-bond acceptors (Lipinski definition) is 4. The van der Waals surface area contributed by atoms with Crippen LogP contribution in [-0.2, 0) is 4.74 Å². The van der Waals surface area contributed by atoms with Crippen molar-refractivity contribution in [3.63, 3.8) is 0 Å². The molecular formula is C17H26BrNO4. The van der Waals surface area contributed by atoms with Crippen LogP contribution in [0, 0.1) is 0 Å². The normalized spacial score (nSPS) is 11.7. The number of benzene rings is 1. The maximum atomic E-state index is 11.8. The summed E-state index contributed by atoms with van der Waals surface area (Å²) in [5.74, 6) is 1.51. The summed E-state index contributed by atoms with van der Waals surface area (Å²) in [4.78, 5) is 11.8.